The van der Waals surface area contributed by atoms with Crippen LogP contribution in [0.4, 0.5) is 10.1 Å². The molecule has 0 bridgehead atoms. The number of hydrogen-bond donors (Lipinski definition) is 1. The second kappa shape index (κ2) is 6.37. The summed E-state index contributed by atoms with van der Waals surface area (Å²) in [5.41, 5.74) is 0.412. The van der Waals surface area contributed by atoms with E-state index < -0.39 is 5.82 Å². The maximum Gasteiger partial charge on any atom is 0.250 e. The quantitative estimate of drug-likeness (QED) is 0.622. The summed E-state index contributed by atoms with van der Waals surface area (Å²) < 4.78 is 17.6. The standard InChI is InChI=1S/C10H11ClFNO2/c11-4-5-15-7-10(14)13-9-3-1-2-8(12)6-9/h1-3,6H,4-5,7H2,(H,13,14). The zero-order valence-electron chi connectivity index (χ0n) is 8.00. The van der Waals surface area contributed by atoms with Gasteiger partial charge in [0, 0.05) is 11.6 Å². The van der Waals surface area contributed by atoms with Crippen LogP contribution in [0, 0.1) is 5.82 Å². The Kier molecular flexibility index (Phi) is 5.07. The number of carbonyl (C=O) groups is 1. The molecule has 1 aromatic carbocycles. The lowest BCUT2D eigenvalue weighted by Gasteiger charge is -2.05. The Hall–Kier alpha value is -1.13. The minimum Gasteiger partial charge on any atom is -0.370 e. The average Bonchev–Trinajstić information content (AvgIpc) is 2.18. The van der Waals surface area contributed by atoms with Gasteiger partial charge in [0.1, 0.15) is 12.4 Å². The summed E-state index contributed by atoms with van der Waals surface area (Å²) in [5, 5.41) is 2.49. The minimum atomic E-state index is -0.394. The lowest BCUT2D eigenvalue weighted by molar-refractivity contribution is -0.120. The third-order valence-corrected chi connectivity index (χ3v) is 1.72. The lowest BCUT2D eigenvalue weighted by atomic mass is 10.3. The van der Waals surface area contributed by atoms with Crippen LogP contribution in [-0.4, -0.2) is 25.0 Å². The second-order valence-corrected chi connectivity index (χ2v) is 3.18. The summed E-state index contributed by atoms with van der Waals surface area (Å²) in [4.78, 5) is 11.2. The molecule has 0 saturated carbocycles. The van der Waals surface area contributed by atoms with Gasteiger partial charge in [0.25, 0.3) is 0 Å². The summed E-state index contributed by atoms with van der Waals surface area (Å²) in [7, 11) is 0. The van der Waals surface area contributed by atoms with Crippen LogP contribution in [0.1, 0.15) is 0 Å². The summed E-state index contributed by atoms with van der Waals surface area (Å²) in [6.07, 6.45) is 0. The first-order chi connectivity index (χ1) is 7.22. The van der Waals surface area contributed by atoms with Crippen LogP contribution >= 0.6 is 11.6 Å². The van der Waals surface area contributed by atoms with E-state index in [1.165, 1.54) is 18.2 Å². The number of halogens is 2. The highest BCUT2D eigenvalue weighted by atomic mass is 35.5. The van der Waals surface area contributed by atoms with Crippen molar-refractivity contribution in [2.24, 2.45) is 0 Å². The Bertz CT molecular complexity index is 333. The molecule has 1 N–H and O–H groups in total. The number of carbonyl (C=O) groups excluding carboxylic acids is 1. The number of rotatable bonds is 5. The molecule has 15 heavy (non-hydrogen) atoms. The van der Waals surface area contributed by atoms with Crippen molar-refractivity contribution in [3.63, 3.8) is 0 Å². The van der Waals surface area contributed by atoms with E-state index in [0.717, 1.165) is 0 Å². The van der Waals surface area contributed by atoms with E-state index in [1.54, 1.807) is 6.07 Å². The molecule has 0 fully saturated rings. The van der Waals surface area contributed by atoms with E-state index in [9.17, 15) is 9.18 Å². The van der Waals surface area contributed by atoms with Crippen molar-refractivity contribution < 1.29 is 13.9 Å². The average molecular weight is 232 g/mol. The molecular formula is C10H11ClFNO2. The summed E-state index contributed by atoms with van der Waals surface area (Å²) in [5.74, 6) is -0.382. The molecule has 82 valence electrons. The zero-order chi connectivity index (χ0) is 11.1. The smallest absolute Gasteiger partial charge is 0.250 e. The van der Waals surface area contributed by atoms with Gasteiger partial charge in [0.2, 0.25) is 5.91 Å². The van der Waals surface area contributed by atoms with Gasteiger partial charge in [-0.15, -0.1) is 11.6 Å². The van der Waals surface area contributed by atoms with Gasteiger partial charge in [0.15, 0.2) is 0 Å². The molecular weight excluding hydrogens is 221 g/mol. The van der Waals surface area contributed by atoms with Crippen molar-refractivity contribution >= 4 is 23.2 Å². The monoisotopic (exact) mass is 231 g/mol. The molecule has 3 nitrogen and oxygen atoms in total. The Labute approximate surface area is 92.2 Å². The molecule has 0 aliphatic carbocycles. The van der Waals surface area contributed by atoms with E-state index in [2.05, 4.69) is 5.32 Å². The van der Waals surface area contributed by atoms with Gasteiger partial charge in [-0.1, -0.05) is 6.07 Å². The van der Waals surface area contributed by atoms with E-state index in [4.69, 9.17) is 16.3 Å². The number of ether oxygens (including phenoxy) is 1. The van der Waals surface area contributed by atoms with E-state index in [-0.39, 0.29) is 12.5 Å². The molecule has 0 aromatic heterocycles. The van der Waals surface area contributed by atoms with Gasteiger partial charge in [-0.3, -0.25) is 4.79 Å². The lowest BCUT2D eigenvalue weighted by Crippen LogP contribution is -2.18. The van der Waals surface area contributed by atoms with Crippen molar-refractivity contribution in [3.8, 4) is 0 Å². The van der Waals surface area contributed by atoms with Gasteiger partial charge in [0.05, 0.1) is 6.61 Å². The first-order valence-electron chi connectivity index (χ1n) is 4.41. The summed E-state index contributed by atoms with van der Waals surface area (Å²) >= 11 is 5.36. The van der Waals surface area contributed by atoms with E-state index >= 15 is 0 Å². The third kappa shape index (κ3) is 4.76. The molecule has 5 heteroatoms. The van der Waals surface area contributed by atoms with Crippen LogP contribution < -0.4 is 5.32 Å². The molecule has 0 heterocycles. The molecule has 0 saturated heterocycles. The molecule has 0 radical (unpaired) electrons. The van der Waals surface area contributed by atoms with Gasteiger partial charge < -0.3 is 10.1 Å². The number of anilines is 1. The van der Waals surface area contributed by atoms with E-state index in [0.29, 0.717) is 18.2 Å². The van der Waals surface area contributed by atoms with Crippen LogP contribution in [0.5, 0.6) is 0 Å². The summed E-state index contributed by atoms with van der Waals surface area (Å²) in [6, 6.07) is 5.66. The van der Waals surface area contributed by atoms with Crippen LogP contribution in [0.2, 0.25) is 0 Å². The molecule has 0 atom stereocenters. The van der Waals surface area contributed by atoms with Gasteiger partial charge in [-0.2, -0.15) is 0 Å². The number of amides is 1. The fraction of sp³-hybridized carbons (Fsp3) is 0.300. The molecule has 0 unspecified atom stereocenters. The van der Waals surface area contributed by atoms with Gasteiger partial charge in [-0.25, -0.2) is 4.39 Å². The third-order valence-electron chi connectivity index (χ3n) is 1.56. The van der Waals surface area contributed by atoms with E-state index in [1.807, 2.05) is 0 Å². The van der Waals surface area contributed by atoms with Gasteiger partial charge in [-0.05, 0) is 18.2 Å². The molecule has 1 rings (SSSR count). The number of benzene rings is 1. The topological polar surface area (TPSA) is 38.3 Å². The molecule has 0 aliphatic heterocycles. The fourth-order valence-electron chi connectivity index (χ4n) is 0.983. The summed E-state index contributed by atoms with van der Waals surface area (Å²) in [6.45, 7) is 0.237. The van der Waals surface area contributed by atoms with Crippen LogP contribution in [0.25, 0.3) is 0 Å². The van der Waals surface area contributed by atoms with Crippen molar-refractivity contribution in [2.75, 3.05) is 24.4 Å². The molecule has 1 aromatic rings. The Balaban J connectivity index is 2.37. The normalized spacial score (nSPS) is 10.0. The van der Waals surface area contributed by atoms with Gasteiger partial charge >= 0.3 is 0 Å². The molecule has 1 amide bonds. The zero-order valence-corrected chi connectivity index (χ0v) is 8.76. The predicted molar refractivity (Wildman–Crippen MR) is 56.6 cm³/mol. The Morgan fingerprint density at radius 1 is 1.53 bits per heavy atom. The minimum absolute atomic E-state index is 0.0801. The number of alkyl halides is 1. The van der Waals surface area contributed by atoms with Crippen molar-refractivity contribution in [1.82, 2.24) is 0 Å². The van der Waals surface area contributed by atoms with Crippen LogP contribution in [0.3, 0.4) is 0 Å². The van der Waals surface area contributed by atoms with Crippen molar-refractivity contribution in [1.29, 1.82) is 0 Å². The first-order valence-corrected chi connectivity index (χ1v) is 4.95. The Morgan fingerprint density at radius 2 is 2.33 bits per heavy atom. The van der Waals surface area contributed by atoms with Crippen molar-refractivity contribution in [2.45, 2.75) is 0 Å². The molecule has 0 spiro atoms. The second-order valence-electron chi connectivity index (χ2n) is 2.80. The highest BCUT2D eigenvalue weighted by Gasteiger charge is 2.02. The first kappa shape index (κ1) is 11.9. The maximum absolute atomic E-state index is 12.7. The van der Waals surface area contributed by atoms with Crippen LogP contribution in [-0.2, 0) is 9.53 Å². The van der Waals surface area contributed by atoms with Crippen LogP contribution in [0.15, 0.2) is 24.3 Å². The SMILES string of the molecule is O=C(COCCCl)Nc1cccc(F)c1. The highest BCUT2D eigenvalue weighted by molar-refractivity contribution is 6.17. The fourth-order valence-corrected chi connectivity index (χ4v) is 1.09. The Morgan fingerprint density at radius 3 is 3.00 bits per heavy atom. The largest absolute Gasteiger partial charge is 0.370 e. The molecule has 0 aliphatic rings. The highest BCUT2D eigenvalue weighted by Crippen LogP contribution is 2.08. The number of nitrogens with one attached hydrogen (secondary N) is 1. The van der Waals surface area contributed by atoms with Crippen molar-refractivity contribution in [3.05, 3.63) is 30.1 Å². The number of hydrogen-bond acceptors (Lipinski definition) is 2. The maximum atomic E-state index is 12.7. The predicted octanol–water partition coefficient (Wildman–Crippen LogP) is 2.02.